The first kappa shape index (κ1) is 15.4. The number of aryl methyl sites for hydroxylation is 1. The standard InChI is InChI=1S/C19H20N2O2S/c1-12-7-8-17(24-12)13-11-14(13)19(23)21-10-9-18(22)20(2)15-5-3-4-6-16(15)21/h3-8,13-14H,9-11H2,1-2H3/t13-,14-/m0/s1. The van der Waals surface area contributed by atoms with E-state index in [0.717, 1.165) is 17.8 Å². The molecule has 0 radical (unpaired) electrons. The van der Waals surface area contributed by atoms with Crippen LogP contribution in [0.2, 0.25) is 0 Å². The highest BCUT2D eigenvalue weighted by Crippen LogP contribution is 2.51. The number of hydrogen-bond donors (Lipinski definition) is 0. The Morgan fingerprint density at radius 2 is 1.92 bits per heavy atom. The van der Waals surface area contributed by atoms with Gasteiger partial charge in [0.1, 0.15) is 0 Å². The highest BCUT2D eigenvalue weighted by Gasteiger charge is 2.47. The van der Waals surface area contributed by atoms with Gasteiger partial charge in [-0.15, -0.1) is 11.3 Å². The van der Waals surface area contributed by atoms with Gasteiger partial charge in [-0.1, -0.05) is 12.1 Å². The van der Waals surface area contributed by atoms with Crippen LogP contribution in [0.25, 0.3) is 0 Å². The molecule has 1 aliphatic carbocycles. The summed E-state index contributed by atoms with van der Waals surface area (Å²) in [5, 5.41) is 0. The summed E-state index contributed by atoms with van der Waals surface area (Å²) in [7, 11) is 1.78. The molecule has 4 rings (SSSR count). The van der Waals surface area contributed by atoms with Crippen LogP contribution < -0.4 is 9.80 Å². The molecule has 5 heteroatoms. The van der Waals surface area contributed by atoms with Crippen LogP contribution in [-0.2, 0) is 9.59 Å². The molecule has 1 aliphatic heterocycles. The quantitative estimate of drug-likeness (QED) is 0.839. The van der Waals surface area contributed by atoms with E-state index in [0.29, 0.717) is 18.9 Å². The van der Waals surface area contributed by atoms with Crippen molar-refractivity contribution in [1.29, 1.82) is 0 Å². The number of benzene rings is 1. The minimum Gasteiger partial charge on any atom is -0.313 e. The van der Waals surface area contributed by atoms with Crippen molar-refractivity contribution in [3.63, 3.8) is 0 Å². The number of anilines is 2. The lowest BCUT2D eigenvalue weighted by Gasteiger charge is -2.23. The molecule has 0 unspecified atom stereocenters. The summed E-state index contributed by atoms with van der Waals surface area (Å²) in [6.07, 6.45) is 1.29. The third kappa shape index (κ3) is 2.53. The average Bonchev–Trinajstić information content (AvgIpc) is 3.30. The molecule has 2 atom stereocenters. The fourth-order valence-electron chi connectivity index (χ4n) is 3.47. The lowest BCUT2D eigenvalue weighted by atomic mass is 10.2. The number of para-hydroxylation sites is 2. The molecule has 4 nitrogen and oxygen atoms in total. The first-order valence-electron chi connectivity index (χ1n) is 8.29. The second-order valence-corrected chi connectivity index (χ2v) is 7.90. The van der Waals surface area contributed by atoms with Crippen molar-refractivity contribution in [2.45, 2.75) is 25.7 Å². The van der Waals surface area contributed by atoms with Gasteiger partial charge >= 0.3 is 0 Å². The van der Waals surface area contributed by atoms with Crippen LogP contribution in [0.1, 0.15) is 28.5 Å². The number of thiophene rings is 1. The van der Waals surface area contributed by atoms with Gasteiger partial charge in [0.2, 0.25) is 11.8 Å². The third-order valence-corrected chi connectivity index (χ3v) is 6.09. The smallest absolute Gasteiger partial charge is 0.230 e. The second kappa shape index (κ2) is 5.74. The SMILES string of the molecule is Cc1ccc([C@H]2C[C@@H]2C(=O)N2CCC(=O)N(C)c3ccccc32)s1. The van der Waals surface area contributed by atoms with Crippen LogP contribution in [0.4, 0.5) is 11.4 Å². The van der Waals surface area contributed by atoms with E-state index in [2.05, 4.69) is 19.1 Å². The molecule has 0 N–H and O–H groups in total. The highest BCUT2D eigenvalue weighted by molar-refractivity contribution is 7.12. The van der Waals surface area contributed by atoms with Crippen LogP contribution in [0.15, 0.2) is 36.4 Å². The van der Waals surface area contributed by atoms with Gasteiger partial charge < -0.3 is 9.80 Å². The maximum absolute atomic E-state index is 13.1. The van der Waals surface area contributed by atoms with E-state index in [1.165, 1.54) is 9.75 Å². The van der Waals surface area contributed by atoms with Crippen molar-refractivity contribution < 1.29 is 9.59 Å². The Kier molecular flexibility index (Phi) is 3.68. The van der Waals surface area contributed by atoms with Gasteiger partial charge in [-0.2, -0.15) is 0 Å². The highest BCUT2D eigenvalue weighted by atomic mass is 32.1. The van der Waals surface area contributed by atoms with Gasteiger partial charge in [0.15, 0.2) is 0 Å². The van der Waals surface area contributed by atoms with Gasteiger partial charge in [-0.3, -0.25) is 9.59 Å². The monoisotopic (exact) mass is 340 g/mol. The number of carbonyl (C=O) groups is 2. The molecule has 24 heavy (non-hydrogen) atoms. The van der Waals surface area contributed by atoms with Gasteiger partial charge in [0.25, 0.3) is 0 Å². The summed E-state index contributed by atoms with van der Waals surface area (Å²) >= 11 is 1.78. The fraction of sp³-hybridized carbons (Fsp3) is 0.368. The predicted molar refractivity (Wildman–Crippen MR) is 96.7 cm³/mol. The summed E-state index contributed by atoms with van der Waals surface area (Å²) in [6, 6.07) is 11.9. The molecule has 124 valence electrons. The molecular formula is C19H20N2O2S. The molecule has 1 saturated carbocycles. The Hall–Kier alpha value is -2.14. The summed E-state index contributed by atoms with van der Waals surface area (Å²) in [6.45, 7) is 2.56. The number of rotatable bonds is 2. The summed E-state index contributed by atoms with van der Waals surface area (Å²) in [4.78, 5) is 31.4. The van der Waals surface area contributed by atoms with Crippen LogP contribution >= 0.6 is 11.3 Å². The van der Waals surface area contributed by atoms with Crippen LogP contribution in [0.5, 0.6) is 0 Å². The number of carbonyl (C=O) groups excluding carboxylic acids is 2. The van der Waals surface area contributed by atoms with Crippen molar-refractivity contribution in [1.82, 2.24) is 0 Å². The van der Waals surface area contributed by atoms with Crippen LogP contribution in [-0.4, -0.2) is 25.4 Å². The lowest BCUT2D eigenvalue weighted by molar-refractivity contribution is -0.120. The van der Waals surface area contributed by atoms with E-state index in [-0.39, 0.29) is 17.7 Å². The first-order chi connectivity index (χ1) is 11.6. The molecule has 0 bridgehead atoms. The normalized spacial score (nSPS) is 23.0. The first-order valence-corrected chi connectivity index (χ1v) is 9.11. The maximum atomic E-state index is 13.1. The van der Waals surface area contributed by atoms with E-state index in [1.54, 1.807) is 23.3 Å². The third-order valence-electron chi connectivity index (χ3n) is 4.96. The minimum absolute atomic E-state index is 0.0506. The van der Waals surface area contributed by atoms with Gasteiger partial charge in [-0.05, 0) is 37.6 Å². The average molecular weight is 340 g/mol. The van der Waals surface area contributed by atoms with Crippen molar-refractivity contribution >= 4 is 34.5 Å². The zero-order chi connectivity index (χ0) is 16.8. The Bertz CT molecular complexity index is 813. The minimum atomic E-state index is 0.0506. The predicted octanol–water partition coefficient (Wildman–Crippen LogP) is 3.56. The Balaban J connectivity index is 1.61. The Morgan fingerprint density at radius 1 is 1.17 bits per heavy atom. The van der Waals surface area contributed by atoms with Crippen molar-refractivity contribution in [2.75, 3.05) is 23.4 Å². The van der Waals surface area contributed by atoms with Crippen molar-refractivity contribution in [2.24, 2.45) is 5.92 Å². The second-order valence-electron chi connectivity index (χ2n) is 6.58. The number of amides is 2. The fourth-order valence-corrected chi connectivity index (χ4v) is 4.53. The molecule has 1 aromatic heterocycles. The van der Waals surface area contributed by atoms with Gasteiger partial charge in [0, 0.05) is 41.6 Å². The summed E-state index contributed by atoms with van der Waals surface area (Å²) in [5.74, 6) is 0.607. The summed E-state index contributed by atoms with van der Waals surface area (Å²) < 4.78 is 0. The van der Waals surface area contributed by atoms with Crippen LogP contribution in [0, 0.1) is 12.8 Å². The number of fused-ring (bicyclic) bond motifs is 1. The van der Waals surface area contributed by atoms with E-state index in [4.69, 9.17) is 0 Å². The van der Waals surface area contributed by atoms with Gasteiger partial charge in [-0.25, -0.2) is 0 Å². The van der Waals surface area contributed by atoms with E-state index >= 15 is 0 Å². The van der Waals surface area contributed by atoms with Crippen molar-refractivity contribution in [3.8, 4) is 0 Å². The largest absolute Gasteiger partial charge is 0.313 e. The van der Waals surface area contributed by atoms with Gasteiger partial charge in [0.05, 0.1) is 11.4 Å². The topological polar surface area (TPSA) is 40.6 Å². The molecule has 0 saturated heterocycles. The molecule has 1 aromatic carbocycles. The molecule has 2 amide bonds. The van der Waals surface area contributed by atoms with E-state index < -0.39 is 0 Å². The number of hydrogen-bond acceptors (Lipinski definition) is 3. The Morgan fingerprint density at radius 3 is 2.62 bits per heavy atom. The molecule has 2 heterocycles. The summed E-state index contributed by atoms with van der Waals surface area (Å²) in [5.41, 5.74) is 1.67. The maximum Gasteiger partial charge on any atom is 0.230 e. The van der Waals surface area contributed by atoms with E-state index in [9.17, 15) is 9.59 Å². The zero-order valence-electron chi connectivity index (χ0n) is 13.9. The molecular weight excluding hydrogens is 320 g/mol. The molecule has 0 spiro atoms. The van der Waals surface area contributed by atoms with Crippen molar-refractivity contribution in [3.05, 3.63) is 46.2 Å². The zero-order valence-corrected chi connectivity index (χ0v) is 14.7. The van der Waals surface area contributed by atoms with Crippen LogP contribution in [0.3, 0.4) is 0 Å². The lowest BCUT2D eigenvalue weighted by Crippen LogP contribution is -2.33. The molecule has 1 fully saturated rings. The number of nitrogens with zero attached hydrogens (tertiary/aromatic N) is 2. The van der Waals surface area contributed by atoms with E-state index in [1.807, 2.05) is 29.2 Å². The molecule has 2 aliphatic rings. The Labute approximate surface area is 145 Å². The molecule has 2 aromatic rings.